The normalized spacial score (nSPS) is 11.2. The second kappa shape index (κ2) is 8.44. The van der Waals surface area contributed by atoms with E-state index in [0.717, 1.165) is 5.39 Å². The van der Waals surface area contributed by atoms with Gasteiger partial charge in [0.15, 0.2) is 0 Å². The van der Waals surface area contributed by atoms with Gasteiger partial charge >= 0.3 is 17.9 Å². The highest BCUT2D eigenvalue weighted by molar-refractivity contribution is 5.89. The molecule has 122 valence electrons. The minimum Gasteiger partial charge on any atom is -0.481 e. The molecule has 0 unspecified atom stereocenters. The molecule has 0 bridgehead atoms. The van der Waals surface area contributed by atoms with E-state index in [4.69, 9.17) is 21.1 Å². The predicted molar refractivity (Wildman–Crippen MR) is 81.2 cm³/mol. The molecular weight excluding hydrogens is 304 g/mol. The molecule has 1 heterocycles. The van der Waals surface area contributed by atoms with Gasteiger partial charge in [-0.15, -0.1) is 0 Å². The van der Waals surface area contributed by atoms with Gasteiger partial charge in [-0.2, -0.15) is 0 Å². The molecule has 8 nitrogen and oxygen atoms in total. The van der Waals surface area contributed by atoms with Crippen LogP contribution in [0.2, 0.25) is 0 Å². The Morgan fingerprint density at radius 1 is 1.04 bits per heavy atom. The maximum atomic E-state index is 10.6. The first-order valence-electron chi connectivity index (χ1n) is 6.60. The summed E-state index contributed by atoms with van der Waals surface area (Å²) < 4.78 is 0. The second-order valence-electron chi connectivity index (χ2n) is 4.57. The summed E-state index contributed by atoms with van der Waals surface area (Å²) >= 11 is 0. The maximum absolute atomic E-state index is 10.6. The summed E-state index contributed by atoms with van der Waals surface area (Å²) in [5.74, 6) is -3.19. The van der Waals surface area contributed by atoms with Gasteiger partial charge in [-0.05, 0) is 18.6 Å². The molecule has 0 spiro atoms. The Hall–Kier alpha value is -3.00. The Morgan fingerprint density at radius 2 is 1.70 bits per heavy atom. The minimum absolute atomic E-state index is 0.0231. The van der Waals surface area contributed by atoms with Crippen molar-refractivity contribution < 1.29 is 29.7 Å². The van der Waals surface area contributed by atoms with Gasteiger partial charge in [0.2, 0.25) is 0 Å². The van der Waals surface area contributed by atoms with Crippen LogP contribution in [0.25, 0.3) is 10.9 Å². The highest BCUT2D eigenvalue weighted by Gasteiger charge is 2.12. The molecule has 1 aromatic carbocycles. The van der Waals surface area contributed by atoms with Crippen LogP contribution in [0.1, 0.15) is 23.3 Å². The van der Waals surface area contributed by atoms with Crippen LogP contribution in [-0.2, 0) is 9.59 Å². The van der Waals surface area contributed by atoms with Crippen LogP contribution in [0.5, 0.6) is 0 Å². The van der Waals surface area contributed by atoms with Crippen LogP contribution in [0.15, 0.2) is 36.4 Å². The molecule has 2 rings (SSSR count). The van der Waals surface area contributed by atoms with Crippen molar-refractivity contribution in [3.05, 3.63) is 42.1 Å². The molecule has 0 aliphatic rings. The third-order valence-electron chi connectivity index (χ3n) is 2.80. The number of carboxylic acid groups (broad SMARTS) is 3. The molecule has 8 heteroatoms. The standard InChI is InChI=1S/C10H7NO2.C5H9NO4/c12-10(13)9-6-5-7-3-1-2-4-8(7)11-9;6-3(5(9)10)1-2-4(7)8/h1-6H,(H,12,13);3H,1-2,6H2,(H,7,8)(H,9,10)/t;3-/m.0/s1. The predicted octanol–water partition coefficient (Wildman–Crippen LogP) is 1.20. The van der Waals surface area contributed by atoms with Crippen molar-refractivity contribution in [2.45, 2.75) is 18.9 Å². The fourth-order valence-corrected chi connectivity index (χ4v) is 1.59. The maximum Gasteiger partial charge on any atom is 0.354 e. The zero-order valence-corrected chi connectivity index (χ0v) is 12.0. The van der Waals surface area contributed by atoms with Crippen LogP contribution in [0.3, 0.4) is 0 Å². The molecule has 5 N–H and O–H groups in total. The first-order valence-corrected chi connectivity index (χ1v) is 6.60. The number of carboxylic acids is 3. The Bertz CT molecular complexity index is 716. The topological polar surface area (TPSA) is 151 Å². The Balaban J connectivity index is 0.000000241. The van der Waals surface area contributed by atoms with Gasteiger partial charge in [0, 0.05) is 11.8 Å². The summed E-state index contributed by atoms with van der Waals surface area (Å²) in [6.45, 7) is 0. The van der Waals surface area contributed by atoms with Crippen LogP contribution in [-0.4, -0.2) is 44.3 Å². The van der Waals surface area contributed by atoms with Crippen LogP contribution in [0.4, 0.5) is 0 Å². The quantitative estimate of drug-likeness (QED) is 0.641. The molecule has 2 aromatic rings. The van der Waals surface area contributed by atoms with E-state index in [1.807, 2.05) is 18.2 Å². The molecule has 0 amide bonds. The molecule has 0 aliphatic heterocycles. The second-order valence-corrected chi connectivity index (χ2v) is 4.57. The molecule has 0 aliphatic carbocycles. The van der Waals surface area contributed by atoms with E-state index in [-0.39, 0.29) is 18.5 Å². The number of benzene rings is 1. The number of nitrogens with two attached hydrogens (primary N) is 1. The lowest BCUT2D eigenvalue weighted by molar-refractivity contribution is -0.139. The van der Waals surface area contributed by atoms with Gasteiger partial charge in [-0.25, -0.2) is 9.78 Å². The van der Waals surface area contributed by atoms with Crippen molar-refractivity contribution in [3.8, 4) is 0 Å². The number of hydrogen-bond donors (Lipinski definition) is 4. The number of aliphatic carboxylic acids is 2. The zero-order valence-electron chi connectivity index (χ0n) is 12.0. The van der Waals surface area contributed by atoms with Crippen molar-refractivity contribution in [3.63, 3.8) is 0 Å². The number of pyridine rings is 1. The van der Waals surface area contributed by atoms with Crippen LogP contribution < -0.4 is 5.73 Å². The number of hydrogen-bond acceptors (Lipinski definition) is 5. The molecule has 0 saturated carbocycles. The van der Waals surface area contributed by atoms with E-state index in [2.05, 4.69) is 4.98 Å². The molecule has 0 fully saturated rings. The number of para-hydroxylation sites is 1. The molecule has 1 aromatic heterocycles. The lowest BCUT2D eigenvalue weighted by atomic mass is 10.2. The van der Waals surface area contributed by atoms with E-state index in [9.17, 15) is 14.4 Å². The molecular formula is C15H16N2O6. The van der Waals surface area contributed by atoms with Crippen molar-refractivity contribution in [1.29, 1.82) is 0 Å². The minimum atomic E-state index is -1.17. The highest BCUT2D eigenvalue weighted by atomic mass is 16.4. The molecule has 0 saturated heterocycles. The highest BCUT2D eigenvalue weighted by Crippen LogP contribution is 2.11. The number of rotatable bonds is 5. The fourth-order valence-electron chi connectivity index (χ4n) is 1.59. The number of carbonyl (C=O) groups is 3. The number of aromatic nitrogens is 1. The van der Waals surface area contributed by atoms with E-state index >= 15 is 0 Å². The van der Waals surface area contributed by atoms with Gasteiger partial charge in [0.25, 0.3) is 0 Å². The SMILES string of the molecule is N[C@@H](CCC(=O)O)C(=O)O.O=C(O)c1ccc2ccccc2n1. The number of aromatic carboxylic acids is 1. The number of fused-ring (bicyclic) bond motifs is 1. The van der Waals surface area contributed by atoms with E-state index in [1.54, 1.807) is 12.1 Å². The van der Waals surface area contributed by atoms with Crippen molar-refractivity contribution in [2.24, 2.45) is 5.73 Å². The molecule has 23 heavy (non-hydrogen) atoms. The monoisotopic (exact) mass is 320 g/mol. The lowest BCUT2D eigenvalue weighted by Crippen LogP contribution is -2.30. The van der Waals surface area contributed by atoms with Crippen LogP contribution in [0, 0.1) is 0 Å². The summed E-state index contributed by atoms with van der Waals surface area (Å²) in [5, 5.41) is 25.9. The summed E-state index contributed by atoms with van der Waals surface area (Å²) in [5.41, 5.74) is 5.79. The van der Waals surface area contributed by atoms with Crippen molar-refractivity contribution in [2.75, 3.05) is 0 Å². The summed E-state index contributed by atoms with van der Waals surface area (Å²) in [6, 6.07) is 9.62. The van der Waals surface area contributed by atoms with Crippen LogP contribution >= 0.6 is 0 Å². The first-order chi connectivity index (χ1) is 10.8. The zero-order chi connectivity index (χ0) is 17.4. The molecule has 1 atom stereocenters. The third kappa shape index (κ3) is 6.10. The van der Waals surface area contributed by atoms with Gasteiger partial charge in [-0.1, -0.05) is 24.3 Å². The molecule has 0 radical (unpaired) electrons. The largest absolute Gasteiger partial charge is 0.481 e. The van der Waals surface area contributed by atoms with Gasteiger partial charge in [0.1, 0.15) is 11.7 Å². The van der Waals surface area contributed by atoms with E-state index in [1.165, 1.54) is 6.07 Å². The summed E-state index contributed by atoms with van der Waals surface area (Å²) in [6.07, 6.45) is -0.224. The lowest BCUT2D eigenvalue weighted by Gasteiger charge is -2.01. The number of nitrogens with zero attached hydrogens (tertiary/aromatic N) is 1. The average molecular weight is 320 g/mol. The Kier molecular flexibility index (Phi) is 6.63. The van der Waals surface area contributed by atoms with Crippen molar-refractivity contribution >= 4 is 28.8 Å². The van der Waals surface area contributed by atoms with Crippen molar-refractivity contribution in [1.82, 2.24) is 4.98 Å². The van der Waals surface area contributed by atoms with E-state index < -0.39 is 23.9 Å². The first kappa shape index (κ1) is 18.1. The average Bonchev–Trinajstić information content (AvgIpc) is 2.52. The third-order valence-corrected chi connectivity index (χ3v) is 2.80. The summed E-state index contributed by atoms with van der Waals surface area (Å²) in [4.78, 5) is 34.4. The van der Waals surface area contributed by atoms with Gasteiger partial charge in [0.05, 0.1) is 5.52 Å². The van der Waals surface area contributed by atoms with Gasteiger partial charge < -0.3 is 21.1 Å². The Labute approximate surface area is 131 Å². The Morgan fingerprint density at radius 3 is 2.26 bits per heavy atom. The van der Waals surface area contributed by atoms with E-state index in [0.29, 0.717) is 5.52 Å². The fraction of sp³-hybridized carbons (Fsp3) is 0.200. The summed E-state index contributed by atoms with van der Waals surface area (Å²) in [7, 11) is 0. The smallest absolute Gasteiger partial charge is 0.354 e. The van der Waals surface area contributed by atoms with Gasteiger partial charge in [-0.3, -0.25) is 9.59 Å².